The van der Waals surface area contributed by atoms with Gasteiger partial charge in [0.2, 0.25) is 5.91 Å². The molecule has 1 heterocycles. The van der Waals surface area contributed by atoms with Crippen LogP contribution in [0.4, 0.5) is 0 Å². The summed E-state index contributed by atoms with van der Waals surface area (Å²) >= 11 is 3.10. The predicted octanol–water partition coefficient (Wildman–Crippen LogP) is 5.41. The number of carbonyl (C=O) groups excluding carboxylic acids is 1. The van der Waals surface area contributed by atoms with Gasteiger partial charge in [0, 0.05) is 4.70 Å². The Labute approximate surface area is 174 Å². The number of thioether (sulfide) groups is 1. The van der Waals surface area contributed by atoms with Crippen LogP contribution < -0.4 is 5.73 Å². The molecular formula is C22H29NO3S2. The molecule has 0 aliphatic heterocycles. The molecule has 1 aromatic carbocycles. The van der Waals surface area contributed by atoms with Crippen LogP contribution in [0.2, 0.25) is 0 Å². The highest BCUT2D eigenvalue weighted by Gasteiger charge is 2.38. The number of fused-ring (bicyclic) bond motifs is 3. The van der Waals surface area contributed by atoms with Gasteiger partial charge in [-0.2, -0.15) is 11.8 Å². The SMILES string of the molecule is NC(=O)c1cccc2ccsc12.O=C(O)CSCCCCC1CC2CCC1C2. The molecule has 4 nitrogen and oxygen atoms in total. The van der Waals surface area contributed by atoms with Gasteiger partial charge in [-0.3, -0.25) is 9.59 Å². The van der Waals surface area contributed by atoms with Crippen molar-refractivity contribution in [2.24, 2.45) is 23.5 Å². The topological polar surface area (TPSA) is 80.4 Å². The zero-order chi connectivity index (χ0) is 19.9. The number of aliphatic carboxylic acids is 1. The van der Waals surface area contributed by atoms with E-state index < -0.39 is 5.97 Å². The highest BCUT2D eigenvalue weighted by Crippen LogP contribution is 2.49. The zero-order valence-corrected chi connectivity index (χ0v) is 17.8. The first kappa shape index (κ1) is 21.2. The van der Waals surface area contributed by atoms with Crippen molar-refractivity contribution >= 4 is 45.1 Å². The first-order valence-electron chi connectivity index (χ1n) is 10.1. The van der Waals surface area contributed by atoms with Crippen LogP contribution in [0.15, 0.2) is 29.6 Å². The molecule has 1 amide bonds. The monoisotopic (exact) mass is 419 g/mol. The minimum Gasteiger partial charge on any atom is -0.481 e. The van der Waals surface area contributed by atoms with Gasteiger partial charge >= 0.3 is 5.97 Å². The highest BCUT2D eigenvalue weighted by atomic mass is 32.2. The Kier molecular flexibility index (Phi) is 7.80. The Morgan fingerprint density at radius 3 is 2.71 bits per heavy atom. The number of hydrogen-bond acceptors (Lipinski definition) is 4. The molecule has 2 aromatic rings. The van der Waals surface area contributed by atoms with Crippen molar-refractivity contribution in [2.75, 3.05) is 11.5 Å². The van der Waals surface area contributed by atoms with E-state index in [1.54, 1.807) is 29.2 Å². The van der Waals surface area contributed by atoms with Crippen LogP contribution in [0, 0.1) is 17.8 Å². The number of hydrogen-bond donors (Lipinski definition) is 2. The Hall–Kier alpha value is -1.53. The number of carbonyl (C=O) groups is 2. The van der Waals surface area contributed by atoms with Crippen molar-refractivity contribution in [1.29, 1.82) is 0 Å². The van der Waals surface area contributed by atoms with Crippen LogP contribution in [0.3, 0.4) is 0 Å². The predicted molar refractivity (Wildman–Crippen MR) is 118 cm³/mol. The summed E-state index contributed by atoms with van der Waals surface area (Å²) in [5.41, 5.74) is 5.82. The third-order valence-corrected chi connectivity index (χ3v) is 7.96. The lowest BCUT2D eigenvalue weighted by Gasteiger charge is -2.21. The molecule has 2 bridgehead atoms. The van der Waals surface area contributed by atoms with Gasteiger partial charge in [0.1, 0.15) is 0 Å². The van der Waals surface area contributed by atoms with Crippen LogP contribution in [-0.2, 0) is 4.79 Å². The van der Waals surface area contributed by atoms with Gasteiger partial charge in [0.15, 0.2) is 0 Å². The summed E-state index contributed by atoms with van der Waals surface area (Å²) < 4.78 is 0.977. The van der Waals surface area contributed by atoms with E-state index in [9.17, 15) is 9.59 Å². The Morgan fingerprint density at radius 1 is 1.18 bits per heavy atom. The normalized spacial score (nSPS) is 22.8. The van der Waals surface area contributed by atoms with Crippen molar-refractivity contribution < 1.29 is 14.7 Å². The van der Waals surface area contributed by atoms with Crippen LogP contribution >= 0.6 is 23.1 Å². The van der Waals surface area contributed by atoms with E-state index in [1.807, 2.05) is 23.6 Å². The second-order valence-corrected chi connectivity index (χ2v) is 9.91. The Morgan fingerprint density at radius 2 is 2.04 bits per heavy atom. The maximum atomic E-state index is 10.9. The van der Waals surface area contributed by atoms with E-state index in [-0.39, 0.29) is 11.7 Å². The van der Waals surface area contributed by atoms with E-state index in [4.69, 9.17) is 10.8 Å². The third kappa shape index (κ3) is 5.74. The summed E-state index contributed by atoms with van der Waals surface area (Å²) in [7, 11) is 0. The Bertz CT molecular complexity index is 804. The van der Waals surface area contributed by atoms with E-state index in [1.165, 1.54) is 44.9 Å². The average molecular weight is 420 g/mol. The van der Waals surface area contributed by atoms with E-state index >= 15 is 0 Å². The molecule has 4 rings (SSSR count). The van der Waals surface area contributed by atoms with Crippen LogP contribution in [0.1, 0.15) is 55.3 Å². The summed E-state index contributed by atoms with van der Waals surface area (Å²) in [6.07, 6.45) is 9.89. The van der Waals surface area contributed by atoms with Gasteiger partial charge in [-0.05, 0) is 72.1 Å². The number of thiophene rings is 1. The summed E-state index contributed by atoms with van der Waals surface area (Å²) in [6.45, 7) is 0. The van der Waals surface area contributed by atoms with Crippen LogP contribution in [-0.4, -0.2) is 28.5 Å². The number of amides is 1. The van der Waals surface area contributed by atoms with E-state index in [0.29, 0.717) is 5.56 Å². The summed E-state index contributed by atoms with van der Waals surface area (Å²) in [4.78, 5) is 21.2. The van der Waals surface area contributed by atoms with Crippen molar-refractivity contribution in [3.8, 4) is 0 Å². The van der Waals surface area contributed by atoms with Gasteiger partial charge in [0.25, 0.3) is 0 Å². The van der Waals surface area contributed by atoms with Gasteiger partial charge in [-0.15, -0.1) is 11.3 Å². The molecule has 152 valence electrons. The van der Waals surface area contributed by atoms with Crippen molar-refractivity contribution in [1.82, 2.24) is 0 Å². The zero-order valence-electron chi connectivity index (χ0n) is 16.1. The van der Waals surface area contributed by atoms with Crippen molar-refractivity contribution in [3.63, 3.8) is 0 Å². The fraction of sp³-hybridized carbons (Fsp3) is 0.545. The number of rotatable bonds is 8. The molecule has 3 unspecified atom stereocenters. The second kappa shape index (κ2) is 10.3. The molecule has 3 N–H and O–H groups in total. The van der Waals surface area contributed by atoms with Gasteiger partial charge in [-0.25, -0.2) is 0 Å². The van der Waals surface area contributed by atoms with Gasteiger partial charge in [0.05, 0.1) is 11.3 Å². The highest BCUT2D eigenvalue weighted by molar-refractivity contribution is 7.99. The molecule has 3 atom stereocenters. The first-order chi connectivity index (χ1) is 13.5. The molecule has 2 fully saturated rings. The molecule has 0 spiro atoms. The smallest absolute Gasteiger partial charge is 0.313 e. The number of carboxylic acid groups (broad SMARTS) is 1. The third-order valence-electron chi connectivity index (χ3n) is 5.97. The number of unbranched alkanes of at least 4 members (excludes halogenated alkanes) is 1. The molecule has 0 saturated heterocycles. The fourth-order valence-electron chi connectivity index (χ4n) is 4.69. The lowest BCUT2D eigenvalue weighted by molar-refractivity contribution is -0.133. The molecule has 0 radical (unpaired) electrons. The van der Waals surface area contributed by atoms with Gasteiger partial charge < -0.3 is 10.8 Å². The maximum absolute atomic E-state index is 10.9. The minimum absolute atomic E-state index is 0.272. The maximum Gasteiger partial charge on any atom is 0.313 e. The minimum atomic E-state index is -0.682. The first-order valence-corrected chi connectivity index (χ1v) is 12.1. The fourth-order valence-corrected chi connectivity index (χ4v) is 6.33. The average Bonchev–Trinajstić information content (AvgIpc) is 3.40. The molecule has 28 heavy (non-hydrogen) atoms. The molecule has 2 saturated carbocycles. The number of primary amides is 1. The largest absolute Gasteiger partial charge is 0.481 e. The van der Waals surface area contributed by atoms with Crippen LogP contribution in [0.5, 0.6) is 0 Å². The molecule has 6 heteroatoms. The number of nitrogens with two attached hydrogens (primary N) is 1. The summed E-state index contributed by atoms with van der Waals surface area (Å²) in [6, 6.07) is 7.54. The lowest BCUT2D eigenvalue weighted by Crippen LogP contribution is -2.10. The molecule has 1 aromatic heterocycles. The lowest BCUT2D eigenvalue weighted by atomic mass is 9.85. The van der Waals surface area contributed by atoms with E-state index in [2.05, 4.69) is 0 Å². The number of benzene rings is 1. The van der Waals surface area contributed by atoms with Crippen LogP contribution in [0.25, 0.3) is 10.1 Å². The molecular weight excluding hydrogens is 390 g/mol. The van der Waals surface area contributed by atoms with E-state index in [0.717, 1.165) is 33.6 Å². The standard InChI is InChI=1S/C13H22O2S.C9H7NOS/c14-13(15)9-16-6-2-1-3-11-7-10-4-5-12(11)8-10;10-9(11)7-3-1-2-6-4-5-12-8(6)7/h10-12H,1-9H2,(H,14,15);1-5H,(H2,10,11). The molecule has 2 aliphatic rings. The quantitative estimate of drug-likeness (QED) is 0.561. The summed E-state index contributed by atoms with van der Waals surface area (Å²) in [5, 5.41) is 11.5. The Balaban J connectivity index is 0.000000167. The van der Waals surface area contributed by atoms with Gasteiger partial charge in [-0.1, -0.05) is 31.4 Å². The van der Waals surface area contributed by atoms with Crippen molar-refractivity contribution in [3.05, 3.63) is 35.2 Å². The molecule has 2 aliphatic carbocycles. The summed E-state index contributed by atoms with van der Waals surface area (Å²) in [5.74, 6) is 3.39. The van der Waals surface area contributed by atoms with Crippen molar-refractivity contribution in [2.45, 2.75) is 44.9 Å². The number of carboxylic acids is 1. The second-order valence-electron chi connectivity index (χ2n) is 7.89.